The smallest absolute Gasteiger partial charge is 0.341 e. The minimum Gasteiger partial charge on any atom is -0.493 e. The predicted molar refractivity (Wildman–Crippen MR) is 74.8 cm³/mol. The van der Waals surface area contributed by atoms with E-state index >= 15 is 0 Å². The molecule has 0 aliphatic heterocycles. The molecule has 3 heteroatoms. The van der Waals surface area contributed by atoms with Gasteiger partial charge in [0.2, 0.25) is 0 Å². The summed E-state index contributed by atoms with van der Waals surface area (Å²) in [6, 6.07) is 5.94. The zero-order valence-corrected chi connectivity index (χ0v) is 11.8. The monoisotopic (exact) mass is 262 g/mol. The molecule has 0 bridgehead atoms. The van der Waals surface area contributed by atoms with E-state index in [1.807, 2.05) is 19.1 Å². The fourth-order valence-electron chi connectivity index (χ4n) is 2.79. The molecule has 0 N–H and O–H groups in total. The highest BCUT2D eigenvalue weighted by Crippen LogP contribution is 2.34. The molecule has 0 spiro atoms. The lowest BCUT2D eigenvalue weighted by Gasteiger charge is -2.22. The van der Waals surface area contributed by atoms with Crippen LogP contribution >= 0.6 is 0 Å². The lowest BCUT2D eigenvalue weighted by Crippen LogP contribution is -2.09. The van der Waals surface area contributed by atoms with Gasteiger partial charge in [-0.1, -0.05) is 25.3 Å². The standard InChI is InChI=1S/C16H22O3/c1-3-19-15-10-9-13(11-14(15)16(17)18-2)12-7-5-4-6-8-12/h9-12H,3-8H2,1-2H3. The summed E-state index contributed by atoms with van der Waals surface area (Å²) in [5, 5.41) is 0. The molecule has 0 radical (unpaired) electrons. The second-order valence-corrected chi connectivity index (χ2v) is 5.02. The summed E-state index contributed by atoms with van der Waals surface area (Å²) >= 11 is 0. The summed E-state index contributed by atoms with van der Waals surface area (Å²) in [5.41, 5.74) is 1.79. The van der Waals surface area contributed by atoms with Crippen molar-refractivity contribution in [3.63, 3.8) is 0 Å². The van der Waals surface area contributed by atoms with Gasteiger partial charge < -0.3 is 9.47 Å². The van der Waals surface area contributed by atoms with Gasteiger partial charge in [0, 0.05) is 0 Å². The number of hydrogen-bond acceptors (Lipinski definition) is 3. The first-order valence-corrected chi connectivity index (χ1v) is 7.11. The van der Waals surface area contributed by atoms with Crippen LogP contribution in [-0.2, 0) is 4.74 Å². The Hall–Kier alpha value is -1.51. The van der Waals surface area contributed by atoms with E-state index in [9.17, 15) is 4.79 Å². The molecule has 0 amide bonds. The Bertz CT molecular complexity index is 434. The zero-order chi connectivity index (χ0) is 13.7. The number of methoxy groups -OCH3 is 1. The van der Waals surface area contributed by atoms with Crippen LogP contribution in [0.5, 0.6) is 5.75 Å². The molecule has 0 saturated heterocycles. The molecule has 0 heterocycles. The van der Waals surface area contributed by atoms with Crippen LogP contribution in [-0.4, -0.2) is 19.7 Å². The summed E-state index contributed by atoms with van der Waals surface area (Å²) < 4.78 is 10.3. The number of benzene rings is 1. The summed E-state index contributed by atoms with van der Waals surface area (Å²) in [7, 11) is 1.41. The molecule has 3 nitrogen and oxygen atoms in total. The Morgan fingerprint density at radius 1 is 1.26 bits per heavy atom. The average Bonchev–Trinajstić information content (AvgIpc) is 2.48. The van der Waals surface area contributed by atoms with Gasteiger partial charge in [-0.15, -0.1) is 0 Å². The van der Waals surface area contributed by atoms with Crippen LogP contribution in [0.2, 0.25) is 0 Å². The van der Waals surface area contributed by atoms with E-state index in [0.717, 1.165) is 0 Å². The second kappa shape index (κ2) is 6.60. The highest BCUT2D eigenvalue weighted by molar-refractivity contribution is 5.92. The molecule has 1 saturated carbocycles. The zero-order valence-electron chi connectivity index (χ0n) is 11.8. The Morgan fingerprint density at radius 2 is 2.00 bits per heavy atom. The van der Waals surface area contributed by atoms with Crippen molar-refractivity contribution in [1.29, 1.82) is 0 Å². The lowest BCUT2D eigenvalue weighted by atomic mass is 9.83. The predicted octanol–water partition coefficient (Wildman–Crippen LogP) is 3.92. The lowest BCUT2D eigenvalue weighted by molar-refractivity contribution is 0.0596. The van der Waals surface area contributed by atoms with Gasteiger partial charge in [-0.25, -0.2) is 4.79 Å². The maximum absolute atomic E-state index is 11.8. The van der Waals surface area contributed by atoms with E-state index < -0.39 is 0 Å². The van der Waals surface area contributed by atoms with Crippen molar-refractivity contribution in [2.45, 2.75) is 44.9 Å². The Balaban J connectivity index is 2.28. The third-order valence-corrected chi connectivity index (χ3v) is 3.79. The van der Waals surface area contributed by atoms with E-state index in [1.54, 1.807) is 0 Å². The van der Waals surface area contributed by atoms with Crippen LogP contribution in [0.4, 0.5) is 0 Å². The number of hydrogen-bond donors (Lipinski definition) is 0. The number of esters is 1. The van der Waals surface area contributed by atoms with E-state index in [1.165, 1.54) is 44.8 Å². The molecule has 0 unspecified atom stereocenters. The molecule has 1 fully saturated rings. The molecule has 1 aromatic carbocycles. The van der Waals surface area contributed by atoms with Crippen molar-refractivity contribution in [3.05, 3.63) is 29.3 Å². The first kappa shape index (κ1) is 13.9. The third kappa shape index (κ3) is 3.28. The van der Waals surface area contributed by atoms with Crippen LogP contribution in [0.3, 0.4) is 0 Å². The van der Waals surface area contributed by atoms with Crippen LogP contribution in [0, 0.1) is 0 Å². The van der Waals surface area contributed by atoms with Crippen molar-refractivity contribution in [2.24, 2.45) is 0 Å². The maximum Gasteiger partial charge on any atom is 0.341 e. The largest absolute Gasteiger partial charge is 0.493 e. The van der Waals surface area contributed by atoms with E-state index in [2.05, 4.69) is 6.07 Å². The van der Waals surface area contributed by atoms with E-state index in [4.69, 9.17) is 9.47 Å². The van der Waals surface area contributed by atoms with Crippen LogP contribution in [0.25, 0.3) is 0 Å². The van der Waals surface area contributed by atoms with Gasteiger partial charge in [0.15, 0.2) is 0 Å². The van der Waals surface area contributed by atoms with Gasteiger partial charge in [-0.05, 0) is 43.4 Å². The summed E-state index contributed by atoms with van der Waals surface area (Å²) in [6.07, 6.45) is 6.33. The highest BCUT2D eigenvalue weighted by Gasteiger charge is 2.19. The third-order valence-electron chi connectivity index (χ3n) is 3.79. The van der Waals surface area contributed by atoms with Gasteiger partial charge in [-0.3, -0.25) is 0 Å². The van der Waals surface area contributed by atoms with Crippen molar-refractivity contribution >= 4 is 5.97 Å². The van der Waals surface area contributed by atoms with Gasteiger partial charge in [0.05, 0.1) is 13.7 Å². The van der Waals surface area contributed by atoms with E-state index in [0.29, 0.717) is 23.8 Å². The first-order chi connectivity index (χ1) is 9.26. The molecule has 1 aromatic rings. The fraction of sp³-hybridized carbons (Fsp3) is 0.562. The topological polar surface area (TPSA) is 35.5 Å². The van der Waals surface area contributed by atoms with Gasteiger partial charge in [-0.2, -0.15) is 0 Å². The fourth-order valence-corrected chi connectivity index (χ4v) is 2.79. The van der Waals surface area contributed by atoms with Crippen LogP contribution < -0.4 is 4.74 Å². The Morgan fingerprint density at radius 3 is 2.63 bits per heavy atom. The number of carbonyl (C=O) groups is 1. The first-order valence-electron chi connectivity index (χ1n) is 7.11. The van der Waals surface area contributed by atoms with Gasteiger partial charge >= 0.3 is 5.97 Å². The minimum atomic E-state index is -0.318. The van der Waals surface area contributed by atoms with Gasteiger partial charge in [0.25, 0.3) is 0 Å². The van der Waals surface area contributed by atoms with E-state index in [-0.39, 0.29) is 5.97 Å². The van der Waals surface area contributed by atoms with Crippen LogP contribution in [0.15, 0.2) is 18.2 Å². The van der Waals surface area contributed by atoms with Crippen molar-refractivity contribution < 1.29 is 14.3 Å². The second-order valence-electron chi connectivity index (χ2n) is 5.02. The number of carbonyl (C=O) groups excluding carboxylic acids is 1. The summed E-state index contributed by atoms with van der Waals surface area (Å²) in [6.45, 7) is 2.46. The Labute approximate surface area is 114 Å². The number of ether oxygens (including phenoxy) is 2. The van der Waals surface area contributed by atoms with Gasteiger partial charge in [0.1, 0.15) is 11.3 Å². The molecule has 0 aromatic heterocycles. The van der Waals surface area contributed by atoms with Crippen molar-refractivity contribution in [3.8, 4) is 5.75 Å². The average molecular weight is 262 g/mol. The molecule has 1 aliphatic rings. The SMILES string of the molecule is CCOc1ccc(C2CCCCC2)cc1C(=O)OC. The molecule has 2 rings (SSSR count). The molecule has 19 heavy (non-hydrogen) atoms. The normalized spacial score (nSPS) is 16.1. The molecular formula is C16H22O3. The summed E-state index contributed by atoms with van der Waals surface area (Å²) in [5.74, 6) is 0.878. The summed E-state index contributed by atoms with van der Waals surface area (Å²) in [4.78, 5) is 11.8. The molecule has 1 aliphatic carbocycles. The number of rotatable bonds is 4. The maximum atomic E-state index is 11.8. The quantitative estimate of drug-likeness (QED) is 0.771. The van der Waals surface area contributed by atoms with Crippen LogP contribution in [0.1, 0.15) is 60.9 Å². The molecule has 104 valence electrons. The van der Waals surface area contributed by atoms with Crippen molar-refractivity contribution in [2.75, 3.05) is 13.7 Å². The molecular weight excluding hydrogens is 240 g/mol. The Kier molecular flexibility index (Phi) is 4.83. The highest BCUT2D eigenvalue weighted by atomic mass is 16.5. The van der Waals surface area contributed by atoms with Crippen molar-refractivity contribution in [1.82, 2.24) is 0 Å². The minimum absolute atomic E-state index is 0.318. The molecule has 0 atom stereocenters.